The van der Waals surface area contributed by atoms with E-state index in [4.69, 9.17) is 11.6 Å². The highest BCUT2D eigenvalue weighted by molar-refractivity contribution is 6.30. The first-order valence-electron chi connectivity index (χ1n) is 7.48. The smallest absolute Gasteiger partial charge is 0.254 e. The number of nitrogens with one attached hydrogen (secondary N) is 1. The number of aromatic nitrogens is 5. The van der Waals surface area contributed by atoms with E-state index in [9.17, 15) is 0 Å². The van der Waals surface area contributed by atoms with E-state index in [0.29, 0.717) is 16.8 Å². The molecule has 0 radical (unpaired) electrons. The van der Waals surface area contributed by atoms with Gasteiger partial charge in [0.25, 0.3) is 5.95 Å². The van der Waals surface area contributed by atoms with Gasteiger partial charge in [-0.05, 0) is 37.3 Å². The van der Waals surface area contributed by atoms with Crippen molar-refractivity contribution in [2.24, 2.45) is 7.05 Å². The van der Waals surface area contributed by atoms with Gasteiger partial charge < -0.3 is 9.88 Å². The minimum atomic E-state index is 0.516. The zero-order chi connectivity index (χ0) is 16.7. The van der Waals surface area contributed by atoms with Crippen molar-refractivity contribution >= 4 is 34.1 Å². The van der Waals surface area contributed by atoms with Crippen LogP contribution in [-0.2, 0) is 7.05 Å². The number of hydrogen-bond acceptors (Lipinski definition) is 4. The Morgan fingerprint density at radius 2 is 1.96 bits per heavy atom. The third kappa shape index (κ3) is 2.61. The molecule has 0 amide bonds. The van der Waals surface area contributed by atoms with Crippen LogP contribution in [0, 0.1) is 6.92 Å². The Kier molecular flexibility index (Phi) is 3.46. The summed E-state index contributed by atoms with van der Waals surface area (Å²) >= 11 is 6.07. The highest BCUT2D eigenvalue weighted by Crippen LogP contribution is 2.26. The lowest BCUT2D eigenvalue weighted by Gasteiger charge is -2.10. The van der Waals surface area contributed by atoms with Gasteiger partial charge in [-0.25, -0.2) is 4.68 Å². The number of aryl methyl sites for hydroxylation is 2. The fourth-order valence-corrected chi connectivity index (χ4v) is 2.74. The zero-order valence-corrected chi connectivity index (χ0v) is 14.0. The molecule has 3 heterocycles. The highest BCUT2D eigenvalue weighted by Gasteiger charge is 2.12. The van der Waals surface area contributed by atoms with Crippen LogP contribution in [0.2, 0.25) is 5.02 Å². The van der Waals surface area contributed by atoms with Crippen molar-refractivity contribution in [1.82, 2.24) is 24.3 Å². The van der Waals surface area contributed by atoms with Gasteiger partial charge >= 0.3 is 0 Å². The Bertz CT molecular complexity index is 1030. The lowest BCUT2D eigenvalue weighted by atomic mass is 10.3. The van der Waals surface area contributed by atoms with Crippen molar-refractivity contribution in [2.75, 3.05) is 5.32 Å². The Balaban J connectivity index is 1.86. The first kappa shape index (κ1) is 14.7. The molecule has 0 bridgehead atoms. The largest absolute Gasteiger partial charge is 0.339 e. The lowest BCUT2D eigenvalue weighted by molar-refractivity contribution is 0.798. The number of nitrogens with zero attached hydrogens (tertiary/aromatic N) is 5. The second-order valence-corrected chi connectivity index (χ2v) is 6.01. The van der Waals surface area contributed by atoms with Crippen LogP contribution in [0.3, 0.4) is 0 Å². The molecule has 0 spiro atoms. The predicted molar refractivity (Wildman–Crippen MR) is 95.1 cm³/mol. The zero-order valence-electron chi connectivity index (χ0n) is 13.2. The van der Waals surface area contributed by atoms with Crippen LogP contribution >= 0.6 is 11.6 Å². The van der Waals surface area contributed by atoms with Crippen molar-refractivity contribution < 1.29 is 0 Å². The number of anilines is 2. The molecule has 0 unspecified atom stereocenters. The van der Waals surface area contributed by atoms with Crippen LogP contribution in [-0.4, -0.2) is 24.3 Å². The number of rotatable bonds is 3. The van der Waals surface area contributed by atoms with Gasteiger partial charge in [-0.15, -0.1) is 0 Å². The normalized spacial score (nSPS) is 11.1. The summed E-state index contributed by atoms with van der Waals surface area (Å²) in [5, 5.41) is 9.33. The summed E-state index contributed by atoms with van der Waals surface area (Å²) in [5.41, 5.74) is 2.61. The Morgan fingerprint density at radius 3 is 2.71 bits per heavy atom. The topological polar surface area (TPSA) is 60.6 Å². The van der Waals surface area contributed by atoms with E-state index in [0.717, 1.165) is 22.4 Å². The van der Waals surface area contributed by atoms with Gasteiger partial charge in [-0.2, -0.15) is 15.1 Å². The molecule has 0 aliphatic heterocycles. The van der Waals surface area contributed by atoms with Crippen LogP contribution in [0.25, 0.3) is 17.0 Å². The molecule has 3 aromatic heterocycles. The molecule has 0 fully saturated rings. The summed E-state index contributed by atoms with van der Waals surface area (Å²) in [4.78, 5) is 9.27. The number of fused-ring (bicyclic) bond motifs is 1. The van der Waals surface area contributed by atoms with Gasteiger partial charge in [-0.1, -0.05) is 17.7 Å². The van der Waals surface area contributed by atoms with Crippen LogP contribution in [0.5, 0.6) is 0 Å². The van der Waals surface area contributed by atoms with Gasteiger partial charge in [0.05, 0.1) is 11.1 Å². The van der Waals surface area contributed by atoms with Crippen LogP contribution in [0.4, 0.5) is 11.5 Å². The summed E-state index contributed by atoms with van der Waals surface area (Å²) in [7, 11) is 1.95. The quantitative estimate of drug-likeness (QED) is 0.616. The van der Waals surface area contributed by atoms with Gasteiger partial charge in [0, 0.05) is 30.2 Å². The highest BCUT2D eigenvalue weighted by atomic mass is 35.5. The fourth-order valence-electron chi connectivity index (χ4n) is 2.55. The van der Waals surface area contributed by atoms with Crippen molar-refractivity contribution in [3.63, 3.8) is 0 Å². The van der Waals surface area contributed by atoms with E-state index < -0.39 is 0 Å². The molecule has 0 aliphatic carbocycles. The van der Waals surface area contributed by atoms with Crippen molar-refractivity contribution in [2.45, 2.75) is 6.92 Å². The van der Waals surface area contributed by atoms with Crippen LogP contribution in [0.15, 0.2) is 48.8 Å². The SMILES string of the molecule is Cc1ccn(-c2nc(Nc3cccc(Cl)c3)c3ccn(C)c3n2)n1. The Morgan fingerprint density at radius 1 is 1.08 bits per heavy atom. The van der Waals surface area contributed by atoms with E-state index in [1.165, 1.54) is 0 Å². The number of benzene rings is 1. The average molecular weight is 339 g/mol. The van der Waals surface area contributed by atoms with E-state index in [1.807, 2.05) is 67.3 Å². The van der Waals surface area contributed by atoms with E-state index >= 15 is 0 Å². The maximum Gasteiger partial charge on any atom is 0.254 e. The first-order valence-corrected chi connectivity index (χ1v) is 7.86. The molecule has 1 N–H and O–H groups in total. The first-order chi connectivity index (χ1) is 11.6. The molecular formula is C17H15ClN6. The van der Waals surface area contributed by atoms with E-state index in [2.05, 4.69) is 20.4 Å². The minimum Gasteiger partial charge on any atom is -0.339 e. The molecule has 4 rings (SSSR count). The molecule has 0 aliphatic rings. The number of halogens is 1. The molecule has 6 nitrogen and oxygen atoms in total. The second kappa shape index (κ2) is 5.65. The third-order valence-electron chi connectivity index (χ3n) is 3.73. The molecule has 7 heteroatoms. The molecule has 0 atom stereocenters. The summed E-state index contributed by atoms with van der Waals surface area (Å²) in [6.45, 7) is 1.93. The monoisotopic (exact) mass is 338 g/mol. The molecule has 24 heavy (non-hydrogen) atoms. The molecule has 1 aromatic carbocycles. The minimum absolute atomic E-state index is 0.516. The molecule has 0 saturated heterocycles. The van der Waals surface area contributed by atoms with E-state index in [-0.39, 0.29) is 0 Å². The Hall–Kier alpha value is -2.86. The Labute approximate surface area is 143 Å². The molecule has 4 aromatic rings. The predicted octanol–water partition coefficient (Wildman–Crippen LogP) is 3.86. The fraction of sp³-hybridized carbons (Fsp3) is 0.118. The van der Waals surface area contributed by atoms with E-state index in [1.54, 1.807) is 4.68 Å². The summed E-state index contributed by atoms with van der Waals surface area (Å²) in [6.07, 6.45) is 3.81. The summed E-state index contributed by atoms with van der Waals surface area (Å²) in [5.74, 6) is 1.23. The van der Waals surface area contributed by atoms with Crippen LogP contribution < -0.4 is 5.32 Å². The van der Waals surface area contributed by atoms with Gasteiger partial charge in [0.1, 0.15) is 11.5 Å². The maximum atomic E-state index is 6.07. The van der Waals surface area contributed by atoms with Crippen molar-refractivity contribution in [3.05, 3.63) is 59.5 Å². The molecule has 120 valence electrons. The maximum absolute atomic E-state index is 6.07. The van der Waals surface area contributed by atoms with Crippen molar-refractivity contribution in [3.8, 4) is 5.95 Å². The second-order valence-electron chi connectivity index (χ2n) is 5.57. The van der Waals surface area contributed by atoms with Gasteiger partial charge in [0.2, 0.25) is 0 Å². The molecular weight excluding hydrogens is 324 g/mol. The summed E-state index contributed by atoms with van der Waals surface area (Å²) < 4.78 is 3.63. The van der Waals surface area contributed by atoms with Crippen molar-refractivity contribution in [1.29, 1.82) is 0 Å². The summed E-state index contributed by atoms with van der Waals surface area (Å²) in [6, 6.07) is 11.4. The van der Waals surface area contributed by atoms with Gasteiger partial charge in [0.15, 0.2) is 0 Å². The van der Waals surface area contributed by atoms with Gasteiger partial charge in [-0.3, -0.25) is 0 Å². The lowest BCUT2D eigenvalue weighted by Crippen LogP contribution is -2.06. The van der Waals surface area contributed by atoms with Crippen LogP contribution in [0.1, 0.15) is 5.69 Å². The molecule has 0 saturated carbocycles. The third-order valence-corrected chi connectivity index (χ3v) is 3.96. The average Bonchev–Trinajstić information content (AvgIpc) is 3.14. The standard InChI is InChI=1S/C17H15ClN6/c1-11-6-9-24(22-11)17-20-15(14-7-8-23(2)16(14)21-17)19-13-5-3-4-12(18)10-13/h3-10H,1-2H3,(H,19,20,21). The number of hydrogen-bond donors (Lipinski definition) is 1.